The van der Waals surface area contributed by atoms with E-state index >= 15 is 0 Å². The number of carbonyl (C=O) groups excluding carboxylic acids is 1. The maximum absolute atomic E-state index is 14.3. The summed E-state index contributed by atoms with van der Waals surface area (Å²) in [6.07, 6.45) is 6.54. The van der Waals surface area contributed by atoms with Crippen molar-refractivity contribution in [2.24, 2.45) is 7.05 Å². The van der Waals surface area contributed by atoms with Gasteiger partial charge in [-0.15, -0.1) is 0 Å². The molecule has 1 atom stereocenters. The Kier molecular flexibility index (Phi) is 4.72. The predicted molar refractivity (Wildman–Crippen MR) is 115 cm³/mol. The molecule has 0 radical (unpaired) electrons. The Morgan fingerprint density at radius 2 is 2.00 bits per heavy atom. The van der Waals surface area contributed by atoms with Crippen molar-refractivity contribution in [2.75, 3.05) is 18.5 Å². The van der Waals surface area contributed by atoms with Gasteiger partial charge in [0.25, 0.3) is 5.91 Å². The summed E-state index contributed by atoms with van der Waals surface area (Å²) in [5.74, 6) is 0.313. The molecule has 7 nitrogen and oxygen atoms in total. The molecule has 1 saturated heterocycles. The number of halogens is 1. The maximum Gasteiger partial charge on any atom is 0.254 e. The van der Waals surface area contributed by atoms with Gasteiger partial charge < -0.3 is 9.80 Å². The zero-order valence-electron chi connectivity index (χ0n) is 18.0. The first-order valence-corrected chi connectivity index (χ1v) is 10.6. The van der Waals surface area contributed by atoms with Crippen LogP contribution in [0.15, 0.2) is 30.6 Å². The van der Waals surface area contributed by atoms with E-state index in [2.05, 4.69) is 15.0 Å². The Balaban J connectivity index is 1.78. The first-order chi connectivity index (χ1) is 14.9. The van der Waals surface area contributed by atoms with Crippen LogP contribution in [0.2, 0.25) is 0 Å². The Hall–Kier alpha value is -3.29. The Morgan fingerprint density at radius 1 is 1.16 bits per heavy atom. The van der Waals surface area contributed by atoms with Gasteiger partial charge in [0, 0.05) is 38.0 Å². The summed E-state index contributed by atoms with van der Waals surface area (Å²) in [7, 11) is 3.61. The van der Waals surface area contributed by atoms with Crippen molar-refractivity contribution < 1.29 is 9.18 Å². The van der Waals surface area contributed by atoms with Gasteiger partial charge in [-0.1, -0.05) is 0 Å². The van der Waals surface area contributed by atoms with E-state index in [0.29, 0.717) is 17.7 Å². The molecule has 0 saturated carbocycles. The molecule has 0 unspecified atom stereocenters. The predicted octanol–water partition coefficient (Wildman–Crippen LogP) is 3.64. The summed E-state index contributed by atoms with van der Waals surface area (Å²) in [5, 5.41) is 4.57. The smallest absolute Gasteiger partial charge is 0.254 e. The van der Waals surface area contributed by atoms with Crippen molar-refractivity contribution in [3.05, 3.63) is 58.9 Å². The van der Waals surface area contributed by atoms with Gasteiger partial charge >= 0.3 is 0 Å². The quantitative estimate of drug-likeness (QED) is 0.556. The van der Waals surface area contributed by atoms with E-state index in [4.69, 9.17) is 4.98 Å². The van der Waals surface area contributed by atoms with Gasteiger partial charge in [0.2, 0.25) is 0 Å². The molecule has 2 bridgehead atoms. The number of anilines is 1. The summed E-state index contributed by atoms with van der Waals surface area (Å²) in [5.41, 5.74) is 4.41. The molecular weight excluding hydrogens is 395 g/mol. The van der Waals surface area contributed by atoms with Gasteiger partial charge in [-0.05, 0) is 49.9 Å². The second-order valence-corrected chi connectivity index (χ2v) is 8.43. The van der Waals surface area contributed by atoms with Gasteiger partial charge in [-0.2, -0.15) is 5.10 Å². The van der Waals surface area contributed by atoms with E-state index in [-0.39, 0.29) is 17.8 Å². The highest BCUT2D eigenvalue weighted by molar-refractivity contribution is 5.96. The van der Waals surface area contributed by atoms with Crippen LogP contribution in [0.4, 0.5) is 10.2 Å². The summed E-state index contributed by atoms with van der Waals surface area (Å²) >= 11 is 0. The third-order valence-corrected chi connectivity index (χ3v) is 6.22. The number of piperidine rings is 1. The zero-order valence-corrected chi connectivity index (χ0v) is 18.0. The standard InChI is InChI=1S/C23H25FN6O/c1-14-22-26-19(11-25-14)18-12-29(3)27-20(18)13-28(2)23(31)16-8-7-15(24)10-17(16)21-6-4-5-9-30(21)22/h7-8,10-12,21H,4-6,9,13H2,1-3H3/t21-/m1/s1. The highest BCUT2D eigenvalue weighted by atomic mass is 19.1. The highest BCUT2D eigenvalue weighted by Crippen LogP contribution is 2.38. The lowest BCUT2D eigenvalue weighted by Gasteiger charge is -2.38. The summed E-state index contributed by atoms with van der Waals surface area (Å²) in [6, 6.07) is 4.35. The molecule has 4 heterocycles. The molecule has 1 amide bonds. The average molecular weight is 420 g/mol. The minimum absolute atomic E-state index is 0.132. The molecule has 1 fully saturated rings. The lowest BCUT2D eigenvalue weighted by molar-refractivity contribution is 0.0781. The van der Waals surface area contributed by atoms with Crippen molar-refractivity contribution in [3.8, 4) is 11.3 Å². The lowest BCUT2D eigenvalue weighted by atomic mass is 9.90. The van der Waals surface area contributed by atoms with E-state index < -0.39 is 0 Å². The number of hydrogen-bond acceptors (Lipinski definition) is 5. The molecule has 31 heavy (non-hydrogen) atoms. The maximum atomic E-state index is 14.3. The monoisotopic (exact) mass is 420 g/mol. The Labute approximate surface area is 180 Å². The third kappa shape index (κ3) is 3.36. The highest BCUT2D eigenvalue weighted by Gasteiger charge is 2.32. The number of amides is 1. The summed E-state index contributed by atoms with van der Waals surface area (Å²) < 4.78 is 16.1. The Bertz CT molecular complexity index is 1170. The van der Waals surface area contributed by atoms with Crippen molar-refractivity contribution in [1.29, 1.82) is 0 Å². The molecule has 0 spiro atoms. The molecule has 2 aromatic heterocycles. The average Bonchev–Trinajstić information content (AvgIpc) is 3.13. The zero-order chi connectivity index (χ0) is 21.7. The van der Waals surface area contributed by atoms with E-state index in [0.717, 1.165) is 54.3 Å². The van der Waals surface area contributed by atoms with Gasteiger partial charge in [0.05, 0.1) is 35.9 Å². The fraction of sp³-hybridized carbons (Fsp3) is 0.391. The fourth-order valence-corrected chi connectivity index (χ4v) is 4.72. The van der Waals surface area contributed by atoms with Crippen LogP contribution in [0.25, 0.3) is 11.3 Å². The molecular formula is C23H25FN6O. The van der Waals surface area contributed by atoms with Gasteiger partial charge in [-0.25, -0.2) is 9.37 Å². The topological polar surface area (TPSA) is 67.2 Å². The molecule has 2 aliphatic heterocycles. The number of hydrogen-bond donors (Lipinski definition) is 0. The van der Waals surface area contributed by atoms with Crippen LogP contribution in [0.1, 0.15) is 52.6 Å². The molecule has 0 aliphatic carbocycles. The second kappa shape index (κ2) is 7.44. The van der Waals surface area contributed by atoms with E-state index in [1.54, 1.807) is 28.9 Å². The van der Waals surface area contributed by atoms with Crippen molar-refractivity contribution >= 4 is 11.7 Å². The van der Waals surface area contributed by atoms with E-state index in [9.17, 15) is 9.18 Å². The molecule has 1 aromatic carbocycles. The van der Waals surface area contributed by atoms with Crippen LogP contribution in [0.3, 0.4) is 0 Å². The number of carbonyl (C=O) groups is 1. The van der Waals surface area contributed by atoms with E-state index in [1.165, 1.54) is 12.1 Å². The molecule has 8 heteroatoms. The molecule has 160 valence electrons. The number of benzene rings is 1. The number of nitrogens with zero attached hydrogens (tertiary/aromatic N) is 6. The van der Waals surface area contributed by atoms with Crippen molar-refractivity contribution in [2.45, 2.75) is 38.8 Å². The summed E-state index contributed by atoms with van der Waals surface area (Å²) in [4.78, 5) is 26.9. The fourth-order valence-electron chi connectivity index (χ4n) is 4.72. The SMILES string of the molecule is Cc1ncc2nc1N1CCCC[C@@H]1c1cc(F)ccc1C(=O)N(C)Cc1nn(C)cc1-2. The Morgan fingerprint density at radius 3 is 2.84 bits per heavy atom. The van der Waals surface area contributed by atoms with Gasteiger partial charge in [0.15, 0.2) is 5.82 Å². The lowest BCUT2D eigenvalue weighted by Crippen LogP contribution is -2.37. The van der Waals surface area contributed by atoms with Crippen LogP contribution in [-0.2, 0) is 13.6 Å². The first kappa shape index (κ1) is 19.7. The van der Waals surface area contributed by atoms with Crippen LogP contribution in [-0.4, -0.2) is 44.1 Å². The van der Waals surface area contributed by atoms with E-state index in [1.807, 2.05) is 20.2 Å². The number of aryl methyl sites for hydroxylation is 2. The molecule has 0 N–H and O–H groups in total. The molecule has 3 aromatic rings. The molecule has 5 rings (SSSR count). The number of fused-ring (bicyclic) bond motifs is 8. The van der Waals surface area contributed by atoms with Crippen molar-refractivity contribution in [3.63, 3.8) is 0 Å². The minimum Gasteiger partial charge on any atom is -0.348 e. The van der Waals surface area contributed by atoms with Crippen LogP contribution < -0.4 is 4.90 Å². The van der Waals surface area contributed by atoms with Crippen molar-refractivity contribution in [1.82, 2.24) is 24.6 Å². The van der Waals surface area contributed by atoms with Gasteiger partial charge in [0.1, 0.15) is 5.82 Å². The van der Waals surface area contributed by atoms with Crippen LogP contribution in [0, 0.1) is 12.7 Å². The number of aromatic nitrogens is 4. The van der Waals surface area contributed by atoms with Crippen LogP contribution in [0.5, 0.6) is 0 Å². The molecule has 2 aliphatic rings. The van der Waals surface area contributed by atoms with Crippen LogP contribution >= 0.6 is 0 Å². The second-order valence-electron chi connectivity index (χ2n) is 8.43. The minimum atomic E-state index is -0.338. The first-order valence-electron chi connectivity index (χ1n) is 10.6. The summed E-state index contributed by atoms with van der Waals surface area (Å²) in [6.45, 7) is 3.05. The number of rotatable bonds is 0. The third-order valence-electron chi connectivity index (χ3n) is 6.22. The largest absolute Gasteiger partial charge is 0.348 e. The van der Waals surface area contributed by atoms with Gasteiger partial charge in [-0.3, -0.25) is 14.5 Å². The normalized spacial score (nSPS) is 18.6.